The summed E-state index contributed by atoms with van der Waals surface area (Å²) in [6, 6.07) is 3.76. The maximum atomic E-state index is 12.1. The van der Waals surface area contributed by atoms with Crippen molar-refractivity contribution < 1.29 is 19.1 Å². The van der Waals surface area contributed by atoms with Crippen LogP contribution in [0.5, 0.6) is 0 Å². The Morgan fingerprint density at radius 2 is 1.35 bits per heavy atom. The molecule has 1 N–H and O–H groups in total. The third kappa shape index (κ3) is 5.78. The van der Waals surface area contributed by atoms with E-state index < -0.39 is 20.2 Å². The van der Waals surface area contributed by atoms with Crippen molar-refractivity contribution in [2.75, 3.05) is 13.2 Å². The first-order chi connectivity index (χ1) is 18.9. The van der Waals surface area contributed by atoms with E-state index in [4.69, 9.17) is 32.7 Å². The Bertz CT molecular complexity index is 1470. The van der Waals surface area contributed by atoms with E-state index in [9.17, 15) is 9.59 Å². The molecule has 216 valence electrons. The number of ether oxygens (including phenoxy) is 2. The van der Waals surface area contributed by atoms with Crippen LogP contribution in [0.2, 0.25) is 26.7 Å². The summed E-state index contributed by atoms with van der Waals surface area (Å²) in [5.41, 5.74) is 3.81. The number of nitrogens with zero attached hydrogens (tertiary/aromatic N) is 3. The van der Waals surface area contributed by atoms with Gasteiger partial charge in [-0.15, -0.1) is 0 Å². The molecule has 0 aromatic carbocycles. The van der Waals surface area contributed by atoms with Gasteiger partial charge in [-0.1, -0.05) is 64.7 Å². The molecule has 0 aliphatic rings. The van der Waals surface area contributed by atoms with Gasteiger partial charge in [0, 0.05) is 29.4 Å². The zero-order valence-electron chi connectivity index (χ0n) is 24.3. The summed E-state index contributed by atoms with van der Waals surface area (Å²) < 4.78 is 12.3. The van der Waals surface area contributed by atoms with E-state index in [-0.39, 0.29) is 0 Å². The molecule has 0 saturated carbocycles. The fraction of sp³-hybridized carbons (Fsp3) is 0.448. The van der Waals surface area contributed by atoms with Crippen LogP contribution in [0.4, 0.5) is 0 Å². The highest BCUT2D eigenvalue weighted by Gasteiger charge is 2.46. The number of hydrogen-bond acceptors (Lipinski definition) is 6. The predicted molar refractivity (Wildman–Crippen MR) is 164 cm³/mol. The number of aromatic amines is 1. The van der Waals surface area contributed by atoms with Gasteiger partial charge in [0.25, 0.3) is 0 Å². The molecule has 40 heavy (non-hydrogen) atoms. The van der Waals surface area contributed by atoms with Gasteiger partial charge < -0.3 is 18.7 Å². The molecule has 0 saturated heterocycles. The molecule has 0 amide bonds. The van der Waals surface area contributed by atoms with Crippen LogP contribution in [-0.4, -0.2) is 52.6 Å². The van der Waals surface area contributed by atoms with E-state index in [2.05, 4.69) is 66.9 Å². The SMILES string of the molecule is CCOC(=O)c1cnc2[nH]ccc2c1Cl.CCOC(=O)c1cnc2c(ccn2[Si](C(C)C)(C(C)C)C(C)C)c1Cl. The van der Waals surface area contributed by atoms with Gasteiger partial charge in [-0.2, -0.15) is 0 Å². The first-order valence-electron chi connectivity index (χ1n) is 13.5. The number of fused-ring (bicyclic) bond motifs is 2. The molecule has 11 heteroatoms. The van der Waals surface area contributed by atoms with Crippen molar-refractivity contribution >= 4 is 65.4 Å². The number of rotatable bonds is 8. The second-order valence-corrected chi connectivity index (χ2v) is 16.9. The highest BCUT2D eigenvalue weighted by Crippen LogP contribution is 2.44. The van der Waals surface area contributed by atoms with Gasteiger partial charge in [-0.25, -0.2) is 19.6 Å². The van der Waals surface area contributed by atoms with Crippen molar-refractivity contribution in [2.24, 2.45) is 0 Å². The zero-order valence-corrected chi connectivity index (χ0v) is 26.9. The lowest BCUT2D eigenvalue weighted by molar-refractivity contribution is 0.0516. The average molecular weight is 606 g/mol. The van der Waals surface area contributed by atoms with Crippen molar-refractivity contribution in [1.82, 2.24) is 19.2 Å². The highest BCUT2D eigenvalue weighted by molar-refractivity contribution is 6.82. The van der Waals surface area contributed by atoms with E-state index in [1.807, 2.05) is 6.07 Å². The predicted octanol–water partition coefficient (Wildman–Crippen LogP) is 8.28. The van der Waals surface area contributed by atoms with Gasteiger partial charge >= 0.3 is 11.9 Å². The summed E-state index contributed by atoms with van der Waals surface area (Å²) in [6.07, 6.45) is 6.81. The third-order valence-electron chi connectivity index (χ3n) is 7.35. The summed E-state index contributed by atoms with van der Waals surface area (Å²) in [4.78, 5) is 35.2. The molecule has 0 aliphatic carbocycles. The average Bonchev–Trinajstić information content (AvgIpc) is 3.54. The number of carbonyl (C=O) groups excluding carboxylic acids is 2. The van der Waals surface area contributed by atoms with Gasteiger partial charge in [0.15, 0.2) is 8.24 Å². The van der Waals surface area contributed by atoms with Crippen LogP contribution in [0.1, 0.15) is 76.1 Å². The molecule has 4 heterocycles. The fourth-order valence-corrected chi connectivity index (χ4v) is 13.0. The van der Waals surface area contributed by atoms with Crippen LogP contribution < -0.4 is 0 Å². The standard InChI is InChI=1S/C19H29ClN2O2Si.C10H9ClN2O2/c1-8-24-19(23)16-11-21-18-15(17(16)20)9-10-22(18)25(12(2)3,13(4)5)14(6)7;1-2-15-10(14)7-5-13-9-6(8(7)11)3-4-12-9/h9-14H,8H2,1-7H3;3-5H,2H2,1H3,(H,12,13). The number of pyridine rings is 2. The number of aromatic nitrogens is 4. The number of H-pyrrole nitrogens is 1. The second kappa shape index (κ2) is 13.2. The highest BCUT2D eigenvalue weighted by atomic mass is 35.5. The molecule has 0 aliphatic heterocycles. The summed E-state index contributed by atoms with van der Waals surface area (Å²) in [5.74, 6) is -0.868. The Balaban J connectivity index is 0.000000249. The molecule has 0 atom stereocenters. The molecule has 4 aromatic rings. The number of hydrogen-bond donors (Lipinski definition) is 1. The number of nitrogens with one attached hydrogen (secondary N) is 1. The van der Waals surface area contributed by atoms with Crippen LogP contribution in [0.15, 0.2) is 36.9 Å². The van der Waals surface area contributed by atoms with Crippen molar-refractivity contribution in [3.05, 3.63) is 58.1 Å². The third-order valence-corrected chi connectivity index (χ3v) is 14.9. The quantitative estimate of drug-likeness (QED) is 0.160. The lowest BCUT2D eigenvalue weighted by Crippen LogP contribution is -2.51. The van der Waals surface area contributed by atoms with Crippen LogP contribution in [0, 0.1) is 0 Å². The molecule has 8 nitrogen and oxygen atoms in total. The zero-order chi connectivity index (χ0) is 29.8. The summed E-state index contributed by atoms with van der Waals surface area (Å²) in [5, 5.41) is 2.36. The van der Waals surface area contributed by atoms with Crippen molar-refractivity contribution in [3.8, 4) is 0 Å². The van der Waals surface area contributed by atoms with Gasteiger partial charge in [0.1, 0.15) is 11.3 Å². The maximum Gasteiger partial charge on any atom is 0.341 e. The molecule has 0 fully saturated rings. The summed E-state index contributed by atoms with van der Waals surface area (Å²) in [6.45, 7) is 18.0. The number of esters is 2. The maximum absolute atomic E-state index is 12.1. The first kappa shape index (κ1) is 31.6. The Morgan fingerprint density at radius 3 is 1.85 bits per heavy atom. The minimum Gasteiger partial charge on any atom is -0.462 e. The van der Waals surface area contributed by atoms with Crippen LogP contribution in [-0.2, 0) is 9.47 Å². The fourth-order valence-electron chi connectivity index (χ4n) is 5.88. The Hall–Kier alpha value is -2.88. The van der Waals surface area contributed by atoms with Crippen molar-refractivity contribution in [2.45, 2.75) is 72.0 Å². The smallest absolute Gasteiger partial charge is 0.341 e. The Labute approximate surface area is 246 Å². The lowest BCUT2D eigenvalue weighted by atomic mass is 10.2. The molecular formula is C29H38Cl2N4O4Si. The Morgan fingerprint density at radius 1 is 0.850 bits per heavy atom. The van der Waals surface area contributed by atoms with Gasteiger partial charge in [-0.3, -0.25) is 0 Å². The van der Waals surface area contributed by atoms with Gasteiger partial charge in [0.2, 0.25) is 0 Å². The lowest BCUT2D eigenvalue weighted by Gasteiger charge is -2.44. The topological polar surface area (TPSA) is 99.1 Å². The molecule has 0 unspecified atom stereocenters. The molecule has 0 radical (unpaired) electrons. The molecule has 0 spiro atoms. The first-order valence-corrected chi connectivity index (χ1v) is 16.5. The normalized spacial score (nSPS) is 11.8. The van der Waals surface area contributed by atoms with Crippen molar-refractivity contribution in [3.63, 3.8) is 0 Å². The number of carbonyl (C=O) groups is 2. The molecular weight excluding hydrogens is 567 g/mol. The summed E-state index contributed by atoms with van der Waals surface area (Å²) in [7, 11) is -1.92. The number of halogens is 2. The monoisotopic (exact) mass is 604 g/mol. The van der Waals surface area contributed by atoms with Gasteiger partial charge in [0.05, 0.1) is 34.4 Å². The van der Waals surface area contributed by atoms with E-state index in [0.29, 0.717) is 56.7 Å². The Kier molecular flexibility index (Phi) is 10.4. The molecule has 4 rings (SSSR count). The minimum absolute atomic E-state index is 0.297. The van der Waals surface area contributed by atoms with E-state index >= 15 is 0 Å². The summed E-state index contributed by atoms with van der Waals surface area (Å²) >= 11 is 12.6. The molecule has 0 bridgehead atoms. The second-order valence-electron chi connectivity index (χ2n) is 10.4. The van der Waals surface area contributed by atoms with E-state index in [0.717, 1.165) is 16.4 Å². The minimum atomic E-state index is -1.92. The van der Waals surface area contributed by atoms with Crippen molar-refractivity contribution in [1.29, 1.82) is 0 Å². The largest absolute Gasteiger partial charge is 0.462 e. The van der Waals surface area contributed by atoms with E-state index in [1.165, 1.54) is 6.20 Å². The molecule has 4 aromatic heterocycles. The van der Waals surface area contributed by atoms with Crippen LogP contribution in [0.3, 0.4) is 0 Å². The van der Waals surface area contributed by atoms with E-state index in [1.54, 1.807) is 32.3 Å². The van der Waals surface area contributed by atoms with Crippen LogP contribution >= 0.6 is 23.2 Å². The van der Waals surface area contributed by atoms with Crippen LogP contribution in [0.25, 0.3) is 22.1 Å². The van der Waals surface area contributed by atoms with Gasteiger partial charge in [-0.05, 0) is 48.8 Å².